The number of aromatic amines is 1. The van der Waals surface area contributed by atoms with E-state index in [-0.39, 0.29) is 0 Å². The minimum absolute atomic E-state index is 0.654. The largest absolute Gasteiger partial charge is 0.708 e. The third-order valence-corrected chi connectivity index (χ3v) is 7.50. The van der Waals surface area contributed by atoms with Crippen molar-refractivity contribution in [3.8, 4) is 0 Å². The van der Waals surface area contributed by atoms with Gasteiger partial charge in [-0.15, -0.1) is 9.20 Å². The Morgan fingerprint density at radius 2 is 2.06 bits per heavy atom. The van der Waals surface area contributed by atoms with Crippen molar-refractivity contribution >= 4 is 23.9 Å². The van der Waals surface area contributed by atoms with Crippen LogP contribution in [0, 0.1) is 0 Å². The molecule has 1 aromatic rings. The highest BCUT2D eigenvalue weighted by Gasteiger charge is 2.58. The summed E-state index contributed by atoms with van der Waals surface area (Å²) < 4.78 is 68.9. The standard InChI is InChI=1S/C10H13FN5O14P3/c11-3-10(4-26-31(21)29-33(24,25)30-32(22,23)28-20)7(18)6(14-15-12)8(27-10)16-2-1-5(17)13-9(16)19/h1-2,6-8,18H,3-4H2,(H3-,13,17,19,20,22,23,24,25)/p+1/t6-,7-,8+,10+/m0/s1. The highest BCUT2D eigenvalue weighted by Crippen LogP contribution is 2.63. The van der Waals surface area contributed by atoms with E-state index in [0.29, 0.717) is 4.57 Å². The van der Waals surface area contributed by atoms with Crippen LogP contribution >= 0.6 is 23.9 Å². The highest BCUT2D eigenvalue weighted by molar-refractivity contribution is 7.64. The molecule has 1 saturated heterocycles. The fourth-order valence-electron chi connectivity index (χ4n) is 2.57. The molecule has 1 aliphatic rings. The molecule has 2 rings (SSSR count). The van der Waals surface area contributed by atoms with Gasteiger partial charge in [0.2, 0.25) is 0 Å². The molecule has 1 fully saturated rings. The number of hydrogen-bond acceptors (Lipinski definition) is 13. The van der Waals surface area contributed by atoms with Crippen molar-refractivity contribution in [3.63, 3.8) is 0 Å². The van der Waals surface area contributed by atoms with E-state index >= 15 is 0 Å². The summed E-state index contributed by atoms with van der Waals surface area (Å²) in [6, 6.07) is -0.804. The van der Waals surface area contributed by atoms with E-state index in [1.165, 1.54) is 0 Å². The molecule has 2 heterocycles. The number of phosphoric acid groups is 2. The summed E-state index contributed by atoms with van der Waals surface area (Å²) >= 11 is 0. The first kappa shape index (κ1) is 27.4. The number of aliphatic hydroxyl groups is 1. The van der Waals surface area contributed by atoms with E-state index < -0.39 is 72.4 Å². The molecule has 0 aliphatic carbocycles. The van der Waals surface area contributed by atoms with Crippen molar-refractivity contribution in [2.45, 2.75) is 24.0 Å². The smallest absolute Gasteiger partial charge is 0.389 e. The van der Waals surface area contributed by atoms with Crippen LogP contribution in [0.15, 0.2) is 27.0 Å². The summed E-state index contributed by atoms with van der Waals surface area (Å²) in [5, 5.41) is 21.8. The van der Waals surface area contributed by atoms with Gasteiger partial charge in [-0.2, -0.15) is 4.31 Å². The van der Waals surface area contributed by atoms with Gasteiger partial charge in [0.15, 0.2) is 5.60 Å². The number of rotatable bonds is 11. The lowest BCUT2D eigenvalue weighted by Gasteiger charge is -2.26. The maximum absolute atomic E-state index is 13.9. The average molecular weight is 540 g/mol. The number of nitrogens with one attached hydrogen (secondary N) is 1. The van der Waals surface area contributed by atoms with E-state index in [1.807, 2.05) is 4.98 Å². The Morgan fingerprint density at radius 3 is 2.61 bits per heavy atom. The summed E-state index contributed by atoms with van der Waals surface area (Å²) in [4.78, 5) is 45.6. The van der Waals surface area contributed by atoms with Gasteiger partial charge in [-0.25, -0.2) is 23.6 Å². The van der Waals surface area contributed by atoms with E-state index in [0.717, 1.165) is 12.3 Å². The summed E-state index contributed by atoms with van der Waals surface area (Å²) in [6.45, 7) is -2.82. The number of aromatic nitrogens is 2. The van der Waals surface area contributed by atoms with Crippen LogP contribution in [-0.2, 0) is 36.3 Å². The van der Waals surface area contributed by atoms with Gasteiger partial charge in [0.1, 0.15) is 31.7 Å². The fraction of sp³-hybridized carbons (Fsp3) is 0.600. The number of nitrogens with zero attached hydrogens (tertiary/aromatic N) is 4. The van der Waals surface area contributed by atoms with Crippen LogP contribution in [0.25, 0.3) is 10.4 Å². The molecule has 23 heteroatoms. The van der Waals surface area contributed by atoms with E-state index in [9.17, 15) is 37.7 Å². The molecule has 33 heavy (non-hydrogen) atoms. The lowest BCUT2D eigenvalue weighted by molar-refractivity contribution is -0.157. The topological polar surface area (TPSA) is 282 Å². The molecule has 0 spiro atoms. The summed E-state index contributed by atoms with van der Waals surface area (Å²) in [7, 11) is -14.9. The quantitative estimate of drug-likeness (QED) is 0.0626. The molecule has 3 unspecified atom stereocenters. The van der Waals surface area contributed by atoms with Crippen LogP contribution < -0.4 is 11.2 Å². The molecule has 0 aromatic carbocycles. The second-order valence-electron chi connectivity index (χ2n) is 6.04. The Morgan fingerprint density at radius 1 is 1.39 bits per heavy atom. The van der Waals surface area contributed by atoms with E-state index in [1.54, 1.807) is 0 Å². The molecule has 0 amide bonds. The van der Waals surface area contributed by atoms with Crippen LogP contribution in [0.4, 0.5) is 4.39 Å². The van der Waals surface area contributed by atoms with Crippen LogP contribution in [0.5, 0.6) is 0 Å². The van der Waals surface area contributed by atoms with Crippen molar-refractivity contribution in [2.24, 2.45) is 5.11 Å². The highest BCUT2D eigenvalue weighted by atomic mass is 31.3. The monoisotopic (exact) mass is 540 g/mol. The second-order valence-corrected chi connectivity index (χ2v) is 10.1. The molecule has 0 radical (unpaired) electrons. The Balaban J connectivity index is 2.23. The van der Waals surface area contributed by atoms with Gasteiger partial charge in [-0.3, -0.25) is 19.2 Å². The van der Waals surface area contributed by atoms with Gasteiger partial charge in [0, 0.05) is 21.7 Å². The van der Waals surface area contributed by atoms with Crippen LogP contribution in [0.2, 0.25) is 0 Å². The number of azide groups is 1. The van der Waals surface area contributed by atoms with Gasteiger partial charge in [-0.05, 0) is 9.84 Å². The molecule has 7 atom stereocenters. The maximum atomic E-state index is 13.9. The maximum Gasteiger partial charge on any atom is 0.708 e. The third kappa shape index (κ3) is 6.59. The fourth-order valence-corrected chi connectivity index (χ4v) is 5.31. The zero-order valence-corrected chi connectivity index (χ0v) is 18.4. The van der Waals surface area contributed by atoms with E-state index in [4.69, 9.17) is 20.4 Å². The first-order valence-electron chi connectivity index (χ1n) is 8.07. The number of hydrogen-bond donors (Lipinski definition) is 5. The zero-order valence-electron chi connectivity index (χ0n) is 15.7. The summed E-state index contributed by atoms with van der Waals surface area (Å²) in [5.41, 5.74) is 4.37. The van der Waals surface area contributed by atoms with Crippen molar-refractivity contribution < 1.29 is 60.8 Å². The van der Waals surface area contributed by atoms with Crippen LogP contribution in [0.3, 0.4) is 0 Å². The molecule has 5 N–H and O–H groups in total. The zero-order chi connectivity index (χ0) is 25.0. The van der Waals surface area contributed by atoms with Crippen molar-refractivity contribution in [3.05, 3.63) is 43.5 Å². The Labute approximate surface area is 181 Å². The molecule has 1 aromatic heterocycles. The first-order chi connectivity index (χ1) is 15.3. The van der Waals surface area contributed by atoms with Gasteiger partial charge in [0.25, 0.3) is 5.56 Å². The Hall–Kier alpha value is -1.88. The minimum Gasteiger partial charge on any atom is -0.389 e. The minimum atomic E-state index is -5.64. The normalized spacial score (nSPS) is 29.0. The van der Waals surface area contributed by atoms with Crippen molar-refractivity contribution in [2.75, 3.05) is 13.3 Å². The molecular formula is C10H14FN5O14P3+. The predicted octanol–water partition coefficient (Wildman–Crippen LogP) is 0.211. The third-order valence-electron chi connectivity index (χ3n) is 3.94. The molecule has 1 aliphatic heterocycles. The summed E-state index contributed by atoms with van der Waals surface area (Å²) in [6.07, 6.45) is -2.84. The van der Waals surface area contributed by atoms with E-state index in [2.05, 4.69) is 27.8 Å². The van der Waals surface area contributed by atoms with Gasteiger partial charge >= 0.3 is 29.6 Å². The lowest BCUT2D eigenvalue weighted by Crippen LogP contribution is -2.48. The first-order valence-corrected chi connectivity index (χ1v) is 12.2. The average Bonchev–Trinajstić information content (AvgIpc) is 2.98. The van der Waals surface area contributed by atoms with Gasteiger partial charge in [-0.1, -0.05) is 5.11 Å². The Bertz CT molecular complexity index is 1150. The molecule has 19 nitrogen and oxygen atoms in total. The van der Waals surface area contributed by atoms with Crippen LogP contribution in [0.1, 0.15) is 6.23 Å². The number of ether oxygens (including phenoxy) is 1. The number of alkyl halides is 1. The molecule has 0 bridgehead atoms. The second kappa shape index (κ2) is 10.6. The van der Waals surface area contributed by atoms with Crippen LogP contribution in [-0.4, -0.2) is 60.7 Å². The SMILES string of the molecule is [N-]=[N+]=N[C@@H]1[C@H](n2ccc(=O)[nH]c2=O)O[C@](CF)(CO[P+](=O)OP(=O)(O)OP(=O)(O)OO)[C@H]1O. The number of H-pyrrole nitrogens is 1. The lowest BCUT2D eigenvalue weighted by atomic mass is 9.96. The molecular weight excluding hydrogens is 526 g/mol. The summed E-state index contributed by atoms with van der Waals surface area (Å²) in [5.74, 6) is 0. The van der Waals surface area contributed by atoms with Crippen molar-refractivity contribution in [1.29, 1.82) is 0 Å². The number of aliphatic hydroxyl groups excluding tert-OH is 1. The van der Waals surface area contributed by atoms with Gasteiger partial charge in [0.05, 0.1) is 0 Å². The predicted molar refractivity (Wildman–Crippen MR) is 98.2 cm³/mol. The van der Waals surface area contributed by atoms with Crippen molar-refractivity contribution in [1.82, 2.24) is 9.55 Å². The number of halogens is 1. The molecule has 184 valence electrons. The molecule has 0 saturated carbocycles. The Kier molecular flexibility index (Phi) is 8.78. The van der Waals surface area contributed by atoms with Gasteiger partial charge < -0.3 is 14.7 Å².